The highest BCUT2D eigenvalue weighted by Crippen LogP contribution is 2.29. The van der Waals surface area contributed by atoms with Crippen molar-refractivity contribution < 1.29 is 13.2 Å². The third-order valence-electron chi connectivity index (χ3n) is 2.78. The number of hydrogen-bond donors (Lipinski definition) is 1. The van der Waals surface area contributed by atoms with Gasteiger partial charge in [0.05, 0.1) is 0 Å². The first-order valence-corrected chi connectivity index (χ1v) is 5.85. The van der Waals surface area contributed by atoms with Gasteiger partial charge in [-0.25, -0.2) is 9.97 Å². The van der Waals surface area contributed by atoms with Gasteiger partial charge in [-0.15, -0.1) is 0 Å². The molecule has 0 amide bonds. The summed E-state index contributed by atoms with van der Waals surface area (Å²) in [5.41, 5.74) is -0.873. The van der Waals surface area contributed by atoms with Gasteiger partial charge in [0.2, 0.25) is 0 Å². The van der Waals surface area contributed by atoms with Crippen LogP contribution in [0.25, 0.3) is 0 Å². The lowest BCUT2D eigenvalue weighted by Gasteiger charge is -2.22. The van der Waals surface area contributed by atoms with Crippen LogP contribution in [0.1, 0.15) is 17.9 Å². The molecule has 100 valence electrons. The highest BCUT2D eigenvalue weighted by atomic mass is 19.4. The Labute approximate surface area is 103 Å². The Balaban J connectivity index is 2.29. The Morgan fingerprint density at radius 2 is 2.00 bits per heavy atom. The van der Waals surface area contributed by atoms with Gasteiger partial charge in [0.15, 0.2) is 0 Å². The Morgan fingerprint density at radius 3 is 2.72 bits per heavy atom. The minimum Gasteiger partial charge on any atom is -0.355 e. The summed E-state index contributed by atoms with van der Waals surface area (Å²) >= 11 is 0. The van der Waals surface area contributed by atoms with Crippen molar-refractivity contribution in [3.05, 3.63) is 17.6 Å². The lowest BCUT2D eigenvalue weighted by Crippen LogP contribution is -2.29. The molecule has 1 aliphatic rings. The first-order chi connectivity index (χ1) is 8.47. The average molecular weight is 260 g/mol. The fraction of sp³-hybridized carbons (Fsp3) is 0.636. The average Bonchev–Trinajstić information content (AvgIpc) is 2.55. The summed E-state index contributed by atoms with van der Waals surface area (Å²) in [6.45, 7) is 4.49. The maximum Gasteiger partial charge on any atom is 0.433 e. The Hall–Kier alpha value is -1.37. The predicted octanol–water partition coefficient (Wildman–Crippen LogP) is 1.60. The van der Waals surface area contributed by atoms with Crippen molar-refractivity contribution in [3.8, 4) is 0 Å². The summed E-state index contributed by atoms with van der Waals surface area (Å²) in [6, 6.07) is 1.03. The van der Waals surface area contributed by atoms with E-state index < -0.39 is 11.9 Å². The van der Waals surface area contributed by atoms with E-state index in [-0.39, 0.29) is 5.82 Å². The summed E-state index contributed by atoms with van der Waals surface area (Å²) < 4.78 is 38.0. The van der Waals surface area contributed by atoms with Gasteiger partial charge >= 0.3 is 6.18 Å². The van der Waals surface area contributed by atoms with Crippen molar-refractivity contribution in [2.24, 2.45) is 0 Å². The molecule has 1 fully saturated rings. The van der Waals surface area contributed by atoms with Gasteiger partial charge in [0, 0.05) is 25.7 Å². The molecule has 0 spiro atoms. The molecular formula is C11H15F3N4. The first kappa shape index (κ1) is 13.1. The van der Waals surface area contributed by atoms with Gasteiger partial charge in [-0.1, -0.05) is 0 Å². The molecular weight excluding hydrogens is 245 g/mol. The van der Waals surface area contributed by atoms with Gasteiger partial charge in [-0.3, -0.25) is 0 Å². The summed E-state index contributed by atoms with van der Waals surface area (Å²) in [5.74, 6) is 0.510. The molecule has 18 heavy (non-hydrogen) atoms. The van der Waals surface area contributed by atoms with E-state index in [2.05, 4.69) is 15.3 Å². The third-order valence-corrected chi connectivity index (χ3v) is 2.78. The molecule has 1 N–H and O–H groups in total. The molecule has 2 rings (SSSR count). The van der Waals surface area contributed by atoms with E-state index in [0.717, 1.165) is 25.6 Å². The number of nitrogens with zero attached hydrogens (tertiary/aromatic N) is 3. The molecule has 0 unspecified atom stereocenters. The Bertz CT molecular complexity index is 411. The van der Waals surface area contributed by atoms with Gasteiger partial charge in [0.25, 0.3) is 0 Å². The zero-order chi connectivity index (χ0) is 13.2. The monoisotopic (exact) mass is 260 g/mol. The predicted molar refractivity (Wildman–Crippen MR) is 61.5 cm³/mol. The summed E-state index contributed by atoms with van der Waals surface area (Å²) in [5, 5.41) is 3.20. The lowest BCUT2D eigenvalue weighted by atomic mass is 10.3. The maximum atomic E-state index is 12.7. The van der Waals surface area contributed by atoms with E-state index in [4.69, 9.17) is 0 Å². The molecule has 0 bridgehead atoms. The number of hydrogen-bond acceptors (Lipinski definition) is 4. The minimum absolute atomic E-state index is 0.150. The topological polar surface area (TPSA) is 41.1 Å². The number of anilines is 1. The first-order valence-electron chi connectivity index (χ1n) is 5.85. The molecule has 0 radical (unpaired) electrons. The summed E-state index contributed by atoms with van der Waals surface area (Å²) in [6.07, 6.45) is -3.53. The van der Waals surface area contributed by atoms with Crippen LogP contribution in [0.15, 0.2) is 6.07 Å². The summed E-state index contributed by atoms with van der Waals surface area (Å²) in [7, 11) is 0. The highest BCUT2D eigenvalue weighted by molar-refractivity contribution is 5.40. The SMILES string of the molecule is Cc1nc(N2CCCNCC2)cc(C(F)(F)F)n1. The Kier molecular flexibility index (Phi) is 3.70. The molecule has 7 heteroatoms. The molecule has 1 aromatic rings. The van der Waals surface area contributed by atoms with Crippen LogP contribution >= 0.6 is 0 Å². The van der Waals surface area contributed by atoms with Crippen LogP contribution < -0.4 is 10.2 Å². The van der Waals surface area contributed by atoms with Crippen molar-refractivity contribution in [2.75, 3.05) is 31.1 Å². The normalized spacial score (nSPS) is 17.7. The van der Waals surface area contributed by atoms with Crippen molar-refractivity contribution in [2.45, 2.75) is 19.5 Å². The number of halogens is 3. The van der Waals surface area contributed by atoms with Gasteiger partial charge in [-0.2, -0.15) is 13.2 Å². The molecule has 2 heterocycles. The van der Waals surface area contributed by atoms with Crippen molar-refractivity contribution in [1.82, 2.24) is 15.3 Å². The molecule has 0 aliphatic carbocycles. The van der Waals surface area contributed by atoms with Gasteiger partial charge < -0.3 is 10.2 Å². The van der Waals surface area contributed by atoms with Crippen molar-refractivity contribution in [3.63, 3.8) is 0 Å². The second-order valence-electron chi connectivity index (χ2n) is 4.25. The molecule has 1 aromatic heterocycles. The molecule has 0 aromatic carbocycles. The fourth-order valence-electron chi connectivity index (χ4n) is 1.93. The third kappa shape index (κ3) is 3.10. The van der Waals surface area contributed by atoms with E-state index in [9.17, 15) is 13.2 Å². The van der Waals surface area contributed by atoms with Crippen molar-refractivity contribution >= 4 is 5.82 Å². The smallest absolute Gasteiger partial charge is 0.355 e. The number of aryl methyl sites for hydroxylation is 1. The molecule has 1 aliphatic heterocycles. The van der Waals surface area contributed by atoms with E-state index >= 15 is 0 Å². The number of nitrogens with one attached hydrogen (secondary N) is 1. The standard InChI is InChI=1S/C11H15F3N4/c1-8-16-9(11(12,13)14)7-10(17-8)18-5-2-3-15-4-6-18/h7,15H,2-6H2,1H3. The second kappa shape index (κ2) is 5.09. The van der Waals surface area contributed by atoms with Crippen LogP contribution in [0.3, 0.4) is 0 Å². The van der Waals surface area contributed by atoms with E-state index in [1.54, 1.807) is 0 Å². The van der Waals surface area contributed by atoms with Crippen LogP contribution in [0.2, 0.25) is 0 Å². The number of rotatable bonds is 1. The molecule has 0 atom stereocenters. The van der Waals surface area contributed by atoms with E-state index in [0.29, 0.717) is 18.9 Å². The van der Waals surface area contributed by atoms with Gasteiger partial charge in [0.1, 0.15) is 17.3 Å². The second-order valence-corrected chi connectivity index (χ2v) is 4.25. The van der Waals surface area contributed by atoms with Crippen molar-refractivity contribution in [1.29, 1.82) is 0 Å². The zero-order valence-corrected chi connectivity index (χ0v) is 10.1. The maximum absolute atomic E-state index is 12.7. The highest BCUT2D eigenvalue weighted by Gasteiger charge is 2.33. The van der Waals surface area contributed by atoms with Crippen LogP contribution in [0.5, 0.6) is 0 Å². The van der Waals surface area contributed by atoms with E-state index in [1.165, 1.54) is 6.92 Å². The minimum atomic E-state index is -4.42. The van der Waals surface area contributed by atoms with E-state index in [1.807, 2.05) is 4.90 Å². The Morgan fingerprint density at radius 1 is 1.22 bits per heavy atom. The van der Waals surface area contributed by atoms with Gasteiger partial charge in [-0.05, 0) is 19.9 Å². The molecule has 1 saturated heterocycles. The van der Waals surface area contributed by atoms with Crippen LogP contribution in [0.4, 0.5) is 19.0 Å². The number of aromatic nitrogens is 2. The lowest BCUT2D eigenvalue weighted by molar-refractivity contribution is -0.141. The fourth-order valence-corrected chi connectivity index (χ4v) is 1.93. The largest absolute Gasteiger partial charge is 0.433 e. The molecule has 0 saturated carbocycles. The zero-order valence-electron chi connectivity index (χ0n) is 10.1. The van der Waals surface area contributed by atoms with Crippen LogP contribution in [-0.4, -0.2) is 36.1 Å². The van der Waals surface area contributed by atoms with Crippen LogP contribution in [0, 0.1) is 6.92 Å². The quantitative estimate of drug-likeness (QED) is 0.832. The number of alkyl halides is 3. The van der Waals surface area contributed by atoms with Crippen LogP contribution in [-0.2, 0) is 6.18 Å². The molecule has 4 nitrogen and oxygen atoms in total. The summed E-state index contributed by atoms with van der Waals surface area (Å²) in [4.78, 5) is 9.41.